The zero-order valence-corrected chi connectivity index (χ0v) is 6.65. The summed E-state index contributed by atoms with van der Waals surface area (Å²) in [6.07, 6.45) is 5.07. The van der Waals surface area contributed by atoms with Gasteiger partial charge in [-0.1, -0.05) is 24.5 Å². The lowest BCUT2D eigenvalue weighted by molar-refractivity contribution is -0.352. The summed E-state index contributed by atoms with van der Waals surface area (Å²) in [6, 6.07) is 0. The molecule has 0 amide bonds. The second-order valence-corrected chi connectivity index (χ2v) is 1.99. The van der Waals surface area contributed by atoms with Gasteiger partial charge in [-0.25, -0.2) is 0 Å². The fourth-order valence-electron chi connectivity index (χ4n) is 0.468. The molecular formula is C7H10N2O3. The van der Waals surface area contributed by atoms with Gasteiger partial charge in [0.1, 0.15) is 0 Å². The lowest BCUT2D eigenvalue weighted by atomic mass is 10.3. The van der Waals surface area contributed by atoms with Gasteiger partial charge in [-0.3, -0.25) is 0 Å². The van der Waals surface area contributed by atoms with Crippen LogP contribution in [0.5, 0.6) is 0 Å². The quantitative estimate of drug-likeness (QED) is 0.168. The fourth-order valence-corrected chi connectivity index (χ4v) is 0.468. The average Bonchev–Trinajstić information content (AvgIpc) is 2.03. The van der Waals surface area contributed by atoms with E-state index in [1.807, 2.05) is 6.92 Å². The molecule has 0 rings (SSSR count). The SMILES string of the molecule is CC/C=C\C=C(\O)C(=N)[N+](=O)[O-]. The van der Waals surface area contributed by atoms with Gasteiger partial charge in [0.2, 0.25) is 5.76 Å². The van der Waals surface area contributed by atoms with Crippen LogP contribution in [0.4, 0.5) is 0 Å². The third-order valence-electron chi connectivity index (χ3n) is 1.05. The lowest BCUT2D eigenvalue weighted by Gasteiger charge is -1.92. The highest BCUT2D eigenvalue weighted by Crippen LogP contribution is 1.93. The molecule has 66 valence electrons. The molecule has 0 aliphatic rings. The van der Waals surface area contributed by atoms with Crippen molar-refractivity contribution < 1.29 is 10.0 Å². The number of rotatable bonds is 3. The Balaban J connectivity index is 4.28. The predicted octanol–water partition coefficient (Wildman–Crippen LogP) is 1.65. The Labute approximate surface area is 69.7 Å². The molecule has 0 radical (unpaired) electrons. The molecule has 2 N–H and O–H groups in total. The monoisotopic (exact) mass is 170 g/mol. The van der Waals surface area contributed by atoms with Crippen LogP contribution >= 0.6 is 0 Å². The summed E-state index contributed by atoms with van der Waals surface area (Å²) in [7, 11) is 0. The molecular weight excluding hydrogens is 160 g/mol. The number of nitro groups is 1. The molecule has 0 unspecified atom stereocenters. The highest BCUT2D eigenvalue weighted by atomic mass is 16.6. The molecule has 0 aromatic rings. The van der Waals surface area contributed by atoms with E-state index >= 15 is 0 Å². The Bertz CT molecular complexity index is 243. The molecule has 0 spiro atoms. The van der Waals surface area contributed by atoms with Crippen molar-refractivity contribution in [1.82, 2.24) is 0 Å². The molecule has 0 fully saturated rings. The maximum atomic E-state index is 9.93. The third-order valence-corrected chi connectivity index (χ3v) is 1.05. The minimum Gasteiger partial charge on any atom is -0.501 e. The number of aliphatic hydroxyl groups is 1. The summed E-state index contributed by atoms with van der Waals surface area (Å²) in [5, 5.41) is 25.5. The van der Waals surface area contributed by atoms with Crippen LogP contribution in [-0.4, -0.2) is 15.9 Å². The number of nitrogens with one attached hydrogen (secondary N) is 1. The third kappa shape index (κ3) is 3.50. The summed E-state index contributed by atoms with van der Waals surface area (Å²) in [5.41, 5.74) is 0. The van der Waals surface area contributed by atoms with Crippen LogP contribution < -0.4 is 0 Å². The molecule has 0 saturated carbocycles. The van der Waals surface area contributed by atoms with Gasteiger partial charge >= 0.3 is 5.84 Å². The van der Waals surface area contributed by atoms with E-state index in [0.717, 1.165) is 12.5 Å². The summed E-state index contributed by atoms with van der Waals surface area (Å²) in [6.45, 7) is 1.89. The van der Waals surface area contributed by atoms with E-state index in [1.54, 1.807) is 6.08 Å². The number of hydrogen-bond donors (Lipinski definition) is 2. The Morgan fingerprint density at radius 1 is 1.75 bits per heavy atom. The van der Waals surface area contributed by atoms with Crippen LogP contribution in [0.2, 0.25) is 0 Å². The van der Waals surface area contributed by atoms with Crippen LogP contribution in [0.15, 0.2) is 24.0 Å². The minimum absolute atomic E-state index is 0.635. The second-order valence-electron chi connectivity index (χ2n) is 1.99. The first-order chi connectivity index (χ1) is 5.59. The van der Waals surface area contributed by atoms with Gasteiger partial charge in [-0.05, 0) is 17.4 Å². The van der Waals surface area contributed by atoms with E-state index in [4.69, 9.17) is 10.5 Å². The van der Waals surface area contributed by atoms with Crippen molar-refractivity contribution in [3.05, 3.63) is 34.1 Å². The van der Waals surface area contributed by atoms with Gasteiger partial charge in [0.15, 0.2) is 0 Å². The summed E-state index contributed by atoms with van der Waals surface area (Å²) in [4.78, 5) is 8.98. The van der Waals surface area contributed by atoms with E-state index in [-0.39, 0.29) is 0 Å². The zero-order chi connectivity index (χ0) is 9.56. The maximum absolute atomic E-state index is 9.93. The van der Waals surface area contributed by atoms with Crippen LogP contribution in [0.25, 0.3) is 0 Å². The number of nitrogens with zero attached hydrogens (tertiary/aromatic N) is 1. The highest BCUT2D eigenvalue weighted by Gasteiger charge is 2.12. The molecule has 5 heteroatoms. The Morgan fingerprint density at radius 3 is 2.75 bits per heavy atom. The first-order valence-corrected chi connectivity index (χ1v) is 3.38. The molecule has 0 aromatic carbocycles. The summed E-state index contributed by atoms with van der Waals surface area (Å²) < 4.78 is 0. The molecule has 0 bridgehead atoms. The molecule has 0 aliphatic heterocycles. The van der Waals surface area contributed by atoms with Crippen molar-refractivity contribution in [3.8, 4) is 0 Å². The summed E-state index contributed by atoms with van der Waals surface area (Å²) in [5.74, 6) is -1.62. The molecule has 12 heavy (non-hydrogen) atoms. The van der Waals surface area contributed by atoms with Crippen LogP contribution in [0.3, 0.4) is 0 Å². The van der Waals surface area contributed by atoms with E-state index in [9.17, 15) is 10.1 Å². The van der Waals surface area contributed by atoms with Crippen LogP contribution in [-0.2, 0) is 0 Å². The predicted molar refractivity (Wildman–Crippen MR) is 44.9 cm³/mol. The van der Waals surface area contributed by atoms with Crippen molar-refractivity contribution in [2.24, 2.45) is 0 Å². The van der Waals surface area contributed by atoms with E-state index < -0.39 is 16.5 Å². The van der Waals surface area contributed by atoms with Gasteiger partial charge in [-0.2, -0.15) is 0 Å². The normalized spacial score (nSPS) is 11.9. The largest absolute Gasteiger partial charge is 0.501 e. The number of amidine groups is 1. The van der Waals surface area contributed by atoms with Crippen molar-refractivity contribution in [2.45, 2.75) is 13.3 Å². The fraction of sp³-hybridized carbons (Fsp3) is 0.286. The summed E-state index contributed by atoms with van der Waals surface area (Å²) >= 11 is 0. The molecule has 0 atom stereocenters. The van der Waals surface area contributed by atoms with E-state index in [2.05, 4.69) is 0 Å². The average molecular weight is 170 g/mol. The molecule has 0 aromatic heterocycles. The minimum atomic E-state index is -0.990. The van der Waals surface area contributed by atoms with Crippen molar-refractivity contribution >= 4 is 5.84 Å². The van der Waals surface area contributed by atoms with E-state index in [1.165, 1.54) is 6.08 Å². The molecule has 0 aliphatic carbocycles. The number of allylic oxidation sites excluding steroid dienone is 3. The van der Waals surface area contributed by atoms with Crippen molar-refractivity contribution in [3.63, 3.8) is 0 Å². The van der Waals surface area contributed by atoms with Crippen molar-refractivity contribution in [2.75, 3.05) is 0 Å². The lowest BCUT2D eigenvalue weighted by Crippen LogP contribution is -2.12. The van der Waals surface area contributed by atoms with Crippen molar-refractivity contribution in [1.29, 1.82) is 5.41 Å². The van der Waals surface area contributed by atoms with E-state index in [0.29, 0.717) is 0 Å². The topological polar surface area (TPSA) is 87.2 Å². The molecule has 5 nitrogen and oxygen atoms in total. The molecule has 0 heterocycles. The van der Waals surface area contributed by atoms with Crippen LogP contribution in [0, 0.1) is 15.5 Å². The first kappa shape index (κ1) is 10.3. The van der Waals surface area contributed by atoms with Gasteiger partial charge in [0.05, 0.1) is 0 Å². The highest BCUT2D eigenvalue weighted by molar-refractivity contribution is 5.86. The van der Waals surface area contributed by atoms with Gasteiger partial charge in [-0.15, -0.1) is 0 Å². The number of hydrogen-bond acceptors (Lipinski definition) is 4. The molecule has 0 saturated heterocycles. The Morgan fingerprint density at radius 2 is 2.33 bits per heavy atom. The van der Waals surface area contributed by atoms with Gasteiger partial charge in [0.25, 0.3) is 0 Å². The standard InChI is InChI=1S/C7H10N2O3/c1-2-3-4-5-6(10)7(8)9(11)12/h3-5,8,10H,2H2,1H3/b4-3-,6-5+,8-7?. The smallest absolute Gasteiger partial charge is 0.398 e. The zero-order valence-electron chi connectivity index (χ0n) is 6.65. The van der Waals surface area contributed by atoms with Gasteiger partial charge in [0, 0.05) is 0 Å². The second kappa shape index (κ2) is 5.06. The first-order valence-electron chi connectivity index (χ1n) is 3.38. The Hall–Kier alpha value is -1.65. The Kier molecular flexibility index (Phi) is 4.36. The number of aliphatic hydroxyl groups excluding tert-OH is 1. The van der Waals surface area contributed by atoms with Gasteiger partial charge < -0.3 is 15.2 Å². The maximum Gasteiger partial charge on any atom is 0.398 e. The van der Waals surface area contributed by atoms with Crippen LogP contribution in [0.1, 0.15) is 13.3 Å².